The van der Waals surface area contributed by atoms with E-state index in [9.17, 15) is 9.59 Å². The van der Waals surface area contributed by atoms with E-state index in [0.29, 0.717) is 38.5 Å². The zero-order chi connectivity index (χ0) is 22.4. The number of carbonyl (C=O) groups excluding carboxylic acids is 2. The maximum atomic E-state index is 12.4. The zero-order valence-corrected chi connectivity index (χ0v) is 18.4. The fraction of sp³-hybridized carbons (Fsp3) is 0.130. The number of benzene rings is 3. The minimum Gasteiger partial charge on any atom is -0.495 e. The van der Waals surface area contributed by atoms with Crippen molar-refractivity contribution in [2.75, 3.05) is 24.4 Å². The van der Waals surface area contributed by atoms with Crippen molar-refractivity contribution in [1.29, 1.82) is 0 Å². The highest BCUT2D eigenvalue weighted by Crippen LogP contribution is 2.27. The number of carbonyl (C=O) groups is 2. The Morgan fingerprint density at radius 3 is 2.32 bits per heavy atom. The molecule has 0 radical (unpaired) electrons. The summed E-state index contributed by atoms with van der Waals surface area (Å²) in [4.78, 5) is 24.5. The number of hydrogen-bond acceptors (Lipinski definition) is 4. The monoisotopic (exact) mass is 458 g/mol. The largest absolute Gasteiger partial charge is 0.495 e. The van der Waals surface area contributed by atoms with Gasteiger partial charge in [0.1, 0.15) is 11.5 Å². The van der Waals surface area contributed by atoms with Gasteiger partial charge in [-0.1, -0.05) is 23.2 Å². The second-order valence-corrected chi connectivity index (χ2v) is 7.47. The summed E-state index contributed by atoms with van der Waals surface area (Å²) in [5.74, 6) is 0.385. The molecule has 0 fully saturated rings. The summed E-state index contributed by atoms with van der Waals surface area (Å²) in [5.41, 5.74) is 2.50. The minimum absolute atomic E-state index is 0.169. The first-order valence-corrected chi connectivity index (χ1v) is 10.0. The van der Waals surface area contributed by atoms with E-state index in [1.165, 1.54) is 7.11 Å². The van der Waals surface area contributed by atoms with Crippen LogP contribution in [0.3, 0.4) is 0 Å². The van der Waals surface area contributed by atoms with Crippen LogP contribution >= 0.6 is 23.2 Å². The molecule has 2 amide bonds. The summed E-state index contributed by atoms with van der Waals surface area (Å²) < 4.78 is 10.6. The van der Waals surface area contributed by atoms with Crippen molar-refractivity contribution in [1.82, 2.24) is 0 Å². The summed E-state index contributed by atoms with van der Waals surface area (Å²) in [6.07, 6.45) is 0. The fourth-order valence-corrected chi connectivity index (χ4v) is 3.24. The van der Waals surface area contributed by atoms with E-state index in [1.54, 1.807) is 60.7 Å². The number of aryl methyl sites for hydroxylation is 1. The first-order valence-electron chi connectivity index (χ1n) is 9.29. The SMILES string of the molecule is COc1ccc(NC(=O)c2ccc(OCC(=O)Nc3ccc(Cl)cc3C)cc2)cc1Cl. The van der Waals surface area contributed by atoms with E-state index in [2.05, 4.69) is 10.6 Å². The number of ether oxygens (including phenoxy) is 2. The summed E-state index contributed by atoms with van der Waals surface area (Å²) >= 11 is 12.0. The maximum Gasteiger partial charge on any atom is 0.262 e. The molecule has 6 nitrogen and oxygen atoms in total. The number of nitrogens with one attached hydrogen (secondary N) is 2. The molecule has 0 bridgehead atoms. The van der Waals surface area contributed by atoms with Gasteiger partial charge in [-0.3, -0.25) is 9.59 Å². The molecular formula is C23H20Cl2N2O4. The van der Waals surface area contributed by atoms with Crippen LogP contribution in [-0.4, -0.2) is 25.5 Å². The Morgan fingerprint density at radius 2 is 1.68 bits per heavy atom. The van der Waals surface area contributed by atoms with Gasteiger partial charge in [0.25, 0.3) is 11.8 Å². The molecule has 3 aromatic rings. The van der Waals surface area contributed by atoms with Gasteiger partial charge in [0.15, 0.2) is 6.61 Å². The Labute approximate surface area is 190 Å². The van der Waals surface area contributed by atoms with Gasteiger partial charge >= 0.3 is 0 Å². The third-order valence-electron chi connectivity index (χ3n) is 4.36. The summed E-state index contributed by atoms with van der Waals surface area (Å²) in [6, 6.07) is 16.6. The topological polar surface area (TPSA) is 76.7 Å². The molecular weight excluding hydrogens is 439 g/mol. The van der Waals surface area contributed by atoms with Gasteiger partial charge in [-0.25, -0.2) is 0 Å². The van der Waals surface area contributed by atoms with Crippen molar-refractivity contribution >= 4 is 46.4 Å². The Hall–Kier alpha value is -3.22. The van der Waals surface area contributed by atoms with Crippen molar-refractivity contribution in [3.63, 3.8) is 0 Å². The lowest BCUT2D eigenvalue weighted by molar-refractivity contribution is -0.118. The average molecular weight is 459 g/mol. The lowest BCUT2D eigenvalue weighted by Crippen LogP contribution is -2.20. The standard InChI is InChI=1S/C23H20Cl2N2O4/c1-14-11-16(24)5-9-20(14)27-22(28)13-31-18-7-3-15(4-8-18)23(29)26-17-6-10-21(30-2)19(25)12-17/h3-12H,13H2,1-2H3,(H,26,29)(H,27,28). The van der Waals surface area contributed by atoms with Crippen LogP contribution in [0.2, 0.25) is 10.0 Å². The van der Waals surface area contributed by atoms with Crippen LogP contribution in [0.15, 0.2) is 60.7 Å². The molecule has 0 aliphatic rings. The Kier molecular flexibility index (Phi) is 7.39. The first kappa shape index (κ1) is 22.5. The number of hydrogen-bond donors (Lipinski definition) is 2. The number of halogens is 2. The van der Waals surface area contributed by atoms with Crippen LogP contribution in [0, 0.1) is 6.92 Å². The predicted molar refractivity (Wildman–Crippen MR) is 123 cm³/mol. The van der Waals surface area contributed by atoms with Crippen molar-refractivity contribution < 1.29 is 19.1 Å². The summed E-state index contributed by atoms with van der Waals surface area (Å²) in [6.45, 7) is 1.68. The molecule has 0 aliphatic carbocycles. The number of anilines is 2. The Bertz CT molecular complexity index is 1100. The summed E-state index contributed by atoms with van der Waals surface area (Å²) in [5, 5.41) is 6.54. The highest BCUT2D eigenvalue weighted by molar-refractivity contribution is 6.32. The van der Waals surface area contributed by atoms with Gasteiger partial charge in [0.2, 0.25) is 0 Å². The van der Waals surface area contributed by atoms with E-state index in [0.717, 1.165) is 5.56 Å². The van der Waals surface area contributed by atoms with E-state index in [4.69, 9.17) is 32.7 Å². The lowest BCUT2D eigenvalue weighted by atomic mass is 10.2. The molecule has 31 heavy (non-hydrogen) atoms. The molecule has 0 atom stereocenters. The fourth-order valence-electron chi connectivity index (χ4n) is 2.75. The second-order valence-electron chi connectivity index (χ2n) is 6.62. The third kappa shape index (κ3) is 6.13. The van der Waals surface area contributed by atoms with Gasteiger partial charge in [0.05, 0.1) is 12.1 Å². The van der Waals surface area contributed by atoms with Gasteiger partial charge in [-0.05, 0) is 73.2 Å². The normalized spacial score (nSPS) is 10.3. The molecule has 160 valence electrons. The molecule has 0 unspecified atom stereocenters. The van der Waals surface area contributed by atoms with E-state index in [1.807, 2.05) is 6.92 Å². The second kappa shape index (κ2) is 10.2. The molecule has 0 spiro atoms. The van der Waals surface area contributed by atoms with Crippen molar-refractivity contribution in [3.05, 3.63) is 81.8 Å². The van der Waals surface area contributed by atoms with Gasteiger partial charge < -0.3 is 20.1 Å². The van der Waals surface area contributed by atoms with E-state index in [-0.39, 0.29) is 18.4 Å². The molecule has 2 N–H and O–H groups in total. The van der Waals surface area contributed by atoms with Gasteiger partial charge in [-0.15, -0.1) is 0 Å². The molecule has 0 aromatic heterocycles. The molecule has 8 heteroatoms. The van der Waals surface area contributed by atoms with Gasteiger partial charge in [-0.2, -0.15) is 0 Å². The van der Waals surface area contributed by atoms with Crippen LogP contribution in [0.25, 0.3) is 0 Å². The highest BCUT2D eigenvalue weighted by Gasteiger charge is 2.10. The summed E-state index contributed by atoms with van der Waals surface area (Å²) in [7, 11) is 1.52. The average Bonchev–Trinajstić information content (AvgIpc) is 2.75. The molecule has 0 heterocycles. The first-order chi connectivity index (χ1) is 14.9. The van der Waals surface area contributed by atoms with E-state index < -0.39 is 0 Å². The molecule has 3 rings (SSSR count). The Morgan fingerprint density at radius 1 is 0.935 bits per heavy atom. The predicted octanol–water partition coefficient (Wildman–Crippen LogP) is 5.58. The van der Waals surface area contributed by atoms with Crippen LogP contribution in [-0.2, 0) is 4.79 Å². The zero-order valence-electron chi connectivity index (χ0n) is 16.9. The van der Waals surface area contributed by atoms with E-state index >= 15 is 0 Å². The lowest BCUT2D eigenvalue weighted by Gasteiger charge is -2.11. The molecule has 0 saturated carbocycles. The maximum absolute atomic E-state index is 12.4. The number of methoxy groups -OCH3 is 1. The van der Waals surface area contributed by atoms with Crippen molar-refractivity contribution in [2.24, 2.45) is 0 Å². The quantitative estimate of drug-likeness (QED) is 0.484. The minimum atomic E-state index is -0.302. The van der Waals surface area contributed by atoms with Crippen LogP contribution in [0.4, 0.5) is 11.4 Å². The smallest absolute Gasteiger partial charge is 0.262 e. The number of rotatable bonds is 7. The third-order valence-corrected chi connectivity index (χ3v) is 4.89. The molecule has 0 aliphatic heterocycles. The molecule has 3 aromatic carbocycles. The van der Waals surface area contributed by atoms with Crippen LogP contribution < -0.4 is 20.1 Å². The molecule has 0 saturated heterocycles. The highest BCUT2D eigenvalue weighted by atomic mass is 35.5. The van der Waals surface area contributed by atoms with Crippen LogP contribution in [0.5, 0.6) is 11.5 Å². The van der Waals surface area contributed by atoms with Crippen molar-refractivity contribution in [2.45, 2.75) is 6.92 Å². The Balaban J connectivity index is 1.54. The number of amides is 2. The van der Waals surface area contributed by atoms with Crippen LogP contribution in [0.1, 0.15) is 15.9 Å². The van der Waals surface area contributed by atoms with Gasteiger partial charge in [0, 0.05) is 22.0 Å². The van der Waals surface area contributed by atoms with Crippen molar-refractivity contribution in [3.8, 4) is 11.5 Å².